The maximum Gasteiger partial charge on any atom is 0.0948 e. The van der Waals surface area contributed by atoms with Gasteiger partial charge in [-0.2, -0.15) is 0 Å². The Balaban J connectivity index is 1.68. The van der Waals surface area contributed by atoms with Gasteiger partial charge in [0.15, 0.2) is 0 Å². The predicted molar refractivity (Wildman–Crippen MR) is 61.4 cm³/mol. The van der Waals surface area contributed by atoms with Crippen molar-refractivity contribution in [1.82, 2.24) is 5.32 Å². The Labute approximate surface area is 97.3 Å². The van der Waals surface area contributed by atoms with Gasteiger partial charge in [-0.25, -0.2) is 0 Å². The molecule has 2 fully saturated rings. The highest BCUT2D eigenvalue weighted by atomic mass is 16.5. The Hall–Kier alpha value is -0.160. The first-order valence-electron chi connectivity index (χ1n) is 6.35. The van der Waals surface area contributed by atoms with E-state index in [9.17, 15) is 5.11 Å². The molecule has 0 bridgehead atoms. The van der Waals surface area contributed by atoms with E-state index in [1.54, 1.807) is 0 Å². The lowest BCUT2D eigenvalue weighted by Gasteiger charge is -2.27. The van der Waals surface area contributed by atoms with Crippen LogP contribution in [0.1, 0.15) is 26.2 Å². The Morgan fingerprint density at radius 3 is 2.62 bits per heavy atom. The Morgan fingerprint density at radius 2 is 2.00 bits per heavy atom. The molecule has 94 valence electrons. The van der Waals surface area contributed by atoms with Gasteiger partial charge in [-0.3, -0.25) is 0 Å². The second kappa shape index (κ2) is 5.96. The van der Waals surface area contributed by atoms with Gasteiger partial charge >= 0.3 is 0 Å². The second-order valence-electron chi connectivity index (χ2n) is 5.07. The number of aliphatic hydroxyl groups excluding tert-OH is 1. The fourth-order valence-electron chi connectivity index (χ4n) is 2.62. The van der Waals surface area contributed by atoms with Gasteiger partial charge in [-0.1, -0.05) is 0 Å². The highest BCUT2D eigenvalue weighted by Gasteiger charge is 2.27. The average molecular weight is 229 g/mol. The standard InChI is InChI=1S/C12H23NO3/c1-9(6-10-2-4-15-5-3-10)13-11-7-16-8-12(11)14/h9-14H,2-8H2,1H3. The van der Waals surface area contributed by atoms with Crippen LogP contribution >= 0.6 is 0 Å². The van der Waals surface area contributed by atoms with Gasteiger partial charge in [0, 0.05) is 19.3 Å². The molecule has 0 aromatic carbocycles. The van der Waals surface area contributed by atoms with Crippen LogP contribution in [0.4, 0.5) is 0 Å². The third-order valence-electron chi connectivity index (χ3n) is 3.58. The van der Waals surface area contributed by atoms with E-state index in [0.29, 0.717) is 19.3 Å². The van der Waals surface area contributed by atoms with E-state index in [1.807, 2.05) is 0 Å². The lowest BCUT2D eigenvalue weighted by Crippen LogP contribution is -2.44. The molecule has 3 unspecified atom stereocenters. The summed E-state index contributed by atoms with van der Waals surface area (Å²) < 4.78 is 10.6. The van der Waals surface area contributed by atoms with Crippen LogP contribution in [0.5, 0.6) is 0 Å². The Bertz CT molecular complexity index is 206. The molecule has 2 rings (SSSR count). The van der Waals surface area contributed by atoms with E-state index in [1.165, 1.54) is 19.3 Å². The average Bonchev–Trinajstić information content (AvgIpc) is 2.66. The van der Waals surface area contributed by atoms with Gasteiger partial charge in [-0.15, -0.1) is 0 Å². The molecule has 0 aromatic rings. The van der Waals surface area contributed by atoms with Crippen molar-refractivity contribution in [3.8, 4) is 0 Å². The highest BCUT2D eigenvalue weighted by Crippen LogP contribution is 2.20. The third kappa shape index (κ3) is 3.42. The molecule has 0 aromatic heterocycles. The number of hydrogen-bond donors (Lipinski definition) is 2. The Morgan fingerprint density at radius 1 is 1.25 bits per heavy atom. The molecule has 2 aliphatic rings. The number of rotatable bonds is 4. The molecule has 0 radical (unpaired) electrons. The molecule has 0 aliphatic carbocycles. The first kappa shape index (κ1) is 12.3. The van der Waals surface area contributed by atoms with Crippen molar-refractivity contribution in [1.29, 1.82) is 0 Å². The number of ether oxygens (including phenoxy) is 2. The molecule has 4 nitrogen and oxygen atoms in total. The van der Waals surface area contributed by atoms with E-state index < -0.39 is 0 Å². The van der Waals surface area contributed by atoms with Crippen LogP contribution in [0, 0.1) is 5.92 Å². The van der Waals surface area contributed by atoms with Crippen LogP contribution in [0.3, 0.4) is 0 Å². The van der Waals surface area contributed by atoms with Crippen molar-refractivity contribution < 1.29 is 14.6 Å². The van der Waals surface area contributed by atoms with Crippen molar-refractivity contribution in [2.24, 2.45) is 5.92 Å². The summed E-state index contributed by atoms with van der Waals surface area (Å²) in [5.74, 6) is 0.774. The smallest absolute Gasteiger partial charge is 0.0948 e. The van der Waals surface area contributed by atoms with Crippen LogP contribution in [0.2, 0.25) is 0 Å². The minimum absolute atomic E-state index is 0.120. The quantitative estimate of drug-likeness (QED) is 0.739. The molecule has 0 spiro atoms. The van der Waals surface area contributed by atoms with Crippen LogP contribution in [0.25, 0.3) is 0 Å². The van der Waals surface area contributed by atoms with Crippen LogP contribution in [-0.2, 0) is 9.47 Å². The van der Waals surface area contributed by atoms with Gasteiger partial charge in [0.2, 0.25) is 0 Å². The first-order chi connectivity index (χ1) is 7.75. The molecule has 0 amide bonds. The van der Waals surface area contributed by atoms with Gasteiger partial charge < -0.3 is 19.9 Å². The van der Waals surface area contributed by atoms with Gasteiger partial charge in [0.1, 0.15) is 0 Å². The lowest BCUT2D eigenvalue weighted by atomic mass is 9.93. The minimum Gasteiger partial charge on any atom is -0.389 e. The summed E-state index contributed by atoms with van der Waals surface area (Å²) >= 11 is 0. The van der Waals surface area contributed by atoms with E-state index >= 15 is 0 Å². The largest absolute Gasteiger partial charge is 0.389 e. The van der Waals surface area contributed by atoms with E-state index in [2.05, 4.69) is 12.2 Å². The van der Waals surface area contributed by atoms with E-state index in [-0.39, 0.29) is 12.1 Å². The van der Waals surface area contributed by atoms with Crippen molar-refractivity contribution in [2.45, 2.75) is 44.4 Å². The molecule has 2 N–H and O–H groups in total. The first-order valence-corrected chi connectivity index (χ1v) is 6.35. The SMILES string of the molecule is CC(CC1CCOCC1)NC1COCC1O. The second-order valence-corrected chi connectivity index (χ2v) is 5.07. The molecular formula is C12H23NO3. The topological polar surface area (TPSA) is 50.7 Å². The fourth-order valence-corrected chi connectivity index (χ4v) is 2.62. The van der Waals surface area contributed by atoms with Crippen molar-refractivity contribution in [3.63, 3.8) is 0 Å². The van der Waals surface area contributed by atoms with Crippen LogP contribution < -0.4 is 5.32 Å². The minimum atomic E-state index is -0.336. The highest BCUT2D eigenvalue weighted by molar-refractivity contribution is 4.83. The maximum atomic E-state index is 9.64. The van der Waals surface area contributed by atoms with Crippen LogP contribution in [0.15, 0.2) is 0 Å². The monoisotopic (exact) mass is 229 g/mol. The lowest BCUT2D eigenvalue weighted by molar-refractivity contribution is 0.0597. The summed E-state index contributed by atoms with van der Waals surface area (Å²) in [6.45, 7) is 5.13. The fraction of sp³-hybridized carbons (Fsp3) is 1.00. The number of nitrogens with one attached hydrogen (secondary N) is 1. The summed E-state index contributed by atoms with van der Waals surface area (Å²) in [5.41, 5.74) is 0. The van der Waals surface area contributed by atoms with Crippen molar-refractivity contribution >= 4 is 0 Å². The van der Waals surface area contributed by atoms with Gasteiger partial charge in [-0.05, 0) is 32.1 Å². The molecule has 3 atom stereocenters. The molecule has 4 heteroatoms. The molecule has 2 saturated heterocycles. The normalized spacial score (nSPS) is 34.1. The zero-order valence-electron chi connectivity index (χ0n) is 10.0. The summed E-state index contributed by atoms with van der Waals surface area (Å²) in [4.78, 5) is 0. The molecule has 2 aliphatic heterocycles. The third-order valence-corrected chi connectivity index (χ3v) is 3.58. The predicted octanol–water partition coefficient (Wildman–Crippen LogP) is 0.541. The van der Waals surface area contributed by atoms with Gasteiger partial charge in [0.05, 0.1) is 25.4 Å². The summed E-state index contributed by atoms with van der Waals surface area (Å²) in [6.07, 6.45) is 3.19. The van der Waals surface area contributed by atoms with E-state index in [0.717, 1.165) is 19.1 Å². The number of aliphatic hydroxyl groups is 1. The zero-order chi connectivity index (χ0) is 11.4. The molecule has 0 saturated carbocycles. The molecule has 16 heavy (non-hydrogen) atoms. The Kier molecular flexibility index (Phi) is 4.58. The molecule has 2 heterocycles. The van der Waals surface area contributed by atoms with Crippen molar-refractivity contribution in [2.75, 3.05) is 26.4 Å². The van der Waals surface area contributed by atoms with E-state index in [4.69, 9.17) is 9.47 Å². The number of hydrogen-bond acceptors (Lipinski definition) is 4. The maximum absolute atomic E-state index is 9.64. The summed E-state index contributed by atoms with van der Waals surface area (Å²) in [5, 5.41) is 13.1. The zero-order valence-corrected chi connectivity index (χ0v) is 10.0. The summed E-state index contributed by atoms with van der Waals surface area (Å²) in [7, 11) is 0. The molecular weight excluding hydrogens is 206 g/mol. The van der Waals surface area contributed by atoms with Crippen LogP contribution in [-0.4, -0.2) is 49.7 Å². The van der Waals surface area contributed by atoms with Crippen molar-refractivity contribution in [3.05, 3.63) is 0 Å². The summed E-state index contributed by atoms with van der Waals surface area (Å²) in [6, 6.07) is 0.569. The van der Waals surface area contributed by atoms with Gasteiger partial charge in [0.25, 0.3) is 0 Å².